The third-order valence-corrected chi connectivity index (χ3v) is 4.86. The standard InChI is InChI=1S/C19H39N2/c1-4-5-6-7-8-9-10-11-12-13-14-20-15-17-21(18-16-20)19(2)3/h19H,1,4-18H2,2-3H3. The Morgan fingerprint density at radius 1 is 0.714 bits per heavy atom. The van der Waals surface area contributed by atoms with Crippen molar-refractivity contribution in [2.45, 2.75) is 84.1 Å². The minimum Gasteiger partial charge on any atom is -0.301 e. The van der Waals surface area contributed by atoms with Crippen molar-refractivity contribution in [1.82, 2.24) is 9.80 Å². The quantitative estimate of drug-likeness (QED) is 0.479. The molecule has 1 aliphatic rings. The molecule has 0 bridgehead atoms. The summed E-state index contributed by atoms with van der Waals surface area (Å²) in [5.41, 5.74) is 0. The third-order valence-electron chi connectivity index (χ3n) is 4.86. The van der Waals surface area contributed by atoms with E-state index in [1.54, 1.807) is 0 Å². The van der Waals surface area contributed by atoms with Crippen molar-refractivity contribution in [2.24, 2.45) is 0 Å². The zero-order valence-electron chi connectivity index (χ0n) is 14.8. The molecule has 1 fully saturated rings. The normalized spacial score (nSPS) is 17.7. The van der Waals surface area contributed by atoms with E-state index in [0.717, 1.165) is 12.5 Å². The lowest BCUT2D eigenvalue weighted by Crippen LogP contribution is -2.48. The summed E-state index contributed by atoms with van der Waals surface area (Å²) in [7, 11) is 0. The summed E-state index contributed by atoms with van der Waals surface area (Å²) in [6.45, 7) is 15.0. The van der Waals surface area contributed by atoms with Crippen LogP contribution in [0.25, 0.3) is 0 Å². The lowest BCUT2D eigenvalue weighted by Gasteiger charge is -2.36. The Morgan fingerprint density at radius 2 is 1.19 bits per heavy atom. The van der Waals surface area contributed by atoms with Gasteiger partial charge in [-0.1, -0.05) is 64.7 Å². The maximum atomic E-state index is 3.90. The summed E-state index contributed by atoms with van der Waals surface area (Å²) >= 11 is 0. The van der Waals surface area contributed by atoms with Crippen molar-refractivity contribution in [3.63, 3.8) is 0 Å². The number of hydrogen-bond donors (Lipinski definition) is 0. The van der Waals surface area contributed by atoms with Crippen LogP contribution in [0.5, 0.6) is 0 Å². The summed E-state index contributed by atoms with van der Waals surface area (Å²) in [6.07, 6.45) is 13.9. The van der Waals surface area contributed by atoms with Gasteiger partial charge in [0, 0.05) is 32.2 Å². The van der Waals surface area contributed by atoms with Gasteiger partial charge in [-0.2, -0.15) is 0 Å². The highest BCUT2D eigenvalue weighted by Gasteiger charge is 2.17. The molecular weight excluding hydrogens is 256 g/mol. The van der Waals surface area contributed by atoms with Crippen LogP contribution in [0.4, 0.5) is 0 Å². The molecule has 0 saturated carbocycles. The van der Waals surface area contributed by atoms with Crippen LogP contribution in [-0.4, -0.2) is 48.6 Å². The molecule has 1 radical (unpaired) electrons. The van der Waals surface area contributed by atoms with Gasteiger partial charge in [0.05, 0.1) is 0 Å². The maximum Gasteiger partial charge on any atom is 0.0113 e. The highest BCUT2D eigenvalue weighted by molar-refractivity contribution is 4.74. The van der Waals surface area contributed by atoms with Gasteiger partial charge in [0.15, 0.2) is 0 Å². The van der Waals surface area contributed by atoms with Crippen molar-refractivity contribution < 1.29 is 0 Å². The van der Waals surface area contributed by atoms with Crippen LogP contribution in [0.15, 0.2) is 0 Å². The Labute approximate surface area is 134 Å². The van der Waals surface area contributed by atoms with Crippen molar-refractivity contribution in [3.8, 4) is 0 Å². The monoisotopic (exact) mass is 295 g/mol. The van der Waals surface area contributed by atoms with E-state index in [1.807, 2.05) is 0 Å². The van der Waals surface area contributed by atoms with Crippen LogP contribution in [0.1, 0.15) is 78.1 Å². The van der Waals surface area contributed by atoms with Crippen LogP contribution in [0.2, 0.25) is 0 Å². The van der Waals surface area contributed by atoms with Crippen molar-refractivity contribution in [1.29, 1.82) is 0 Å². The first kappa shape index (κ1) is 19.0. The molecule has 0 amide bonds. The molecular formula is C19H39N2. The molecule has 1 heterocycles. The molecule has 0 atom stereocenters. The zero-order valence-corrected chi connectivity index (χ0v) is 14.8. The van der Waals surface area contributed by atoms with Crippen LogP contribution in [0, 0.1) is 6.92 Å². The molecule has 0 unspecified atom stereocenters. The Bertz CT molecular complexity index is 220. The van der Waals surface area contributed by atoms with E-state index < -0.39 is 0 Å². The van der Waals surface area contributed by atoms with Crippen molar-refractivity contribution in [2.75, 3.05) is 32.7 Å². The first-order valence-corrected chi connectivity index (χ1v) is 9.49. The molecule has 2 nitrogen and oxygen atoms in total. The Morgan fingerprint density at radius 3 is 1.67 bits per heavy atom. The fraction of sp³-hybridized carbons (Fsp3) is 0.947. The predicted octanol–water partition coefficient (Wildman–Crippen LogP) is 4.75. The second kappa shape index (κ2) is 12.5. The Kier molecular flexibility index (Phi) is 11.3. The number of nitrogens with zero attached hydrogens (tertiary/aromatic N) is 2. The molecule has 0 aromatic heterocycles. The van der Waals surface area contributed by atoms with Crippen LogP contribution in [0.3, 0.4) is 0 Å². The van der Waals surface area contributed by atoms with Crippen LogP contribution >= 0.6 is 0 Å². The minimum absolute atomic E-state index is 0.723. The molecule has 0 aromatic carbocycles. The van der Waals surface area contributed by atoms with E-state index >= 15 is 0 Å². The van der Waals surface area contributed by atoms with Gasteiger partial charge in [0.1, 0.15) is 0 Å². The second-order valence-electron chi connectivity index (χ2n) is 7.01. The SMILES string of the molecule is [CH2]CCCCCCCCCCCN1CCN(C(C)C)CC1. The zero-order chi connectivity index (χ0) is 15.3. The number of unbranched alkanes of at least 4 members (excludes halogenated alkanes) is 9. The highest BCUT2D eigenvalue weighted by Crippen LogP contribution is 2.11. The van der Waals surface area contributed by atoms with E-state index in [2.05, 4.69) is 30.6 Å². The molecule has 1 saturated heterocycles. The smallest absolute Gasteiger partial charge is 0.0113 e. The van der Waals surface area contributed by atoms with E-state index in [4.69, 9.17) is 0 Å². The topological polar surface area (TPSA) is 6.48 Å². The van der Waals surface area contributed by atoms with Gasteiger partial charge in [-0.15, -0.1) is 0 Å². The largest absolute Gasteiger partial charge is 0.301 e. The molecule has 0 N–H and O–H groups in total. The van der Waals surface area contributed by atoms with Gasteiger partial charge in [-0.3, -0.25) is 4.90 Å². The lowest BCUT2D eigenvalue weighted by atomic mass is 10.1. The highest BCUT2D eigenvalue weighted by atomic mass is 15.3. The fourth-order valence-corrected chi connectivity index (χ4v) is 3.25. The molecule has 0 aromatic rings. The lowest BCUT2D eigenvalue weighted by molar-refractivity contribution is 0.107. The fourth-order valence-electron chi connectivity index (χ4n) is 3.25. The predicted molar refractivity (Wildman–Crippen MR) is 94.7 cm³/mol. The van der Waals surface area contributed by atoms with Crippen LogP contribution in [-0.2, 0) is 0 Å². The van der Waals surface area contributed by atoms with Crippen molar-refractivity contribution in [3.05, 3.63) is 6.92 Å². The van der Waals surface area contributed by atoms with Crippen molar-refractivity contribution >= 4 is 0 Å². The number of rotatable bonds is 12. The summed E-state index contributed by atoms with van der Waals surface area (Å²) in [4.78, 5) is 5.27. The average molecular weight is 296 g/mol. The van der Waals surface area contributed by atoms with Gasteiger partial charge in [0.25, 0.3) is 0 Å². The summed E-state index contributed by atoms with van der Waals surface area (Å²) in [6, 6.07) is 0.723. The Balaban J connectivity index is 1.83. The van der Waals surface area contributed by atoms with E-state index in [1.165, 1.54) is 90.5 Å². The van der Waals surface area contributed by atoms with Gasteiger partial charge in [0.2, 0.25) is 0 Å². The van der Waals surface area contributed by atoms with Crippen LogP contribution < -0.4 is 0 Å². The number of piperazine rings is 1. The molecule has 0 aliphatic carbocycles. The first-order valence-electron chi connectivity index (χ1n) is 9.49. The van der Waals surface area contributed by atoms with Gasteiger partial charge < -0.3 is 4.90 Å². The average Bonchev–Trinajstić information content (AvgIpc) is 2.49. The molecule has 2 heteroatoms. The van der Waals surface area contributed by atoms with Gasteiger partial charge >= 0.3 is 0 Å². The molecule has 125 valence electrons. The Hall–Kier alpha value is -0.0800. The van der Waals surface area contributed by atoms with Gasteiger partial charge in [-0.05, 0) is 26.8 Å². The second-order valence-corrected chi connectivity index (χ2v) is 7.01. The number of hydrogen-bond acceptors (Lipinski definition) is 2. The molecule has 0 spiro atoms. The van der Waals surface area contributed by atoms with E-state index in [-0.39, 0.29) is 0 Å². The minimum atomic E-state index is 0.723. The summed E-state index contributed by atoms with van der Waals surface area (Å²) < 4.78 is 0. The molecule has 1 rings (SSSR count). The van der Waals surface area contributed by atoms with E-state index in [0.29, 0.717) is 0 Å². The van der Waals surface area contributed by atoms with Gasteiger partial charge in [-0.25, -0.2) is 0 Å². The molecule has 21 heavy (non-hydrogen) atoms. The first-order chi connectivity index (χ1) is 10.2. The summed E-state index contributed by atoms with van der Waals surface area (Å²) in [5, 5.41) is 0. The van der Waals surface area contributed by atoms with E-state index in [9.17, 15) is 0 Å². The third kappa shape index (κ3) is 9.52. The maximum absolute atomic E-state index is 3.90. The summed E-state index contributed by atoms with van der Waals surface area (Å²) in [5.74, 6) is 0. The molecule has 1 aliphatic heterocycles.